The summed E-state index contributed by atoms with van der Waals surface area (Å²) in [5.41, 5.74) is 1.39. The minimum absolute atomic E-state index is 0.0271. The zero-order valence-electron chi connectivity index (χ0n) is 10.0. The first-order chi connectivity index (χ1) is 8.87. The Morgan fingerprint density at radius 1 is 1.05 bits per heavy atom. The van der Waals surface area contributed by atoms with Crippen molar-refractivity contribution >= 4 is 0 Å². The molecule has 2 aromatic rings. The molecule has 0 aliphatic rings. The average molecular weight is 268 g/mol. The summed E-state index contributed by atoms with van der Waals surface area (Å²) in [6.45, 7) is 1.71. The van der Waals surface area contributed by atoms with E-state index in [4.69, 9.17) is 0 Å². The van der Waals surface area contributed by atoms with E-state index in [1.165, 1.54) is 24.3 Å². The average Bonchev–Trinajstić information content (AvgIpc) is 2.31. The Balaban J connectivity index is 2.47. The van der Waals surface area contributed by atoms with E-state index >= 15 is 0 Å². The summed E-state index contributed by atoms with van der Waals surface area (Å²) in [5.74, 6) is -0.266. The number of ether oxygens (including phenoxy) is 1. The van der Waals surface area contributed by atoms with E-state index in [2.05, 4.69) is 4.74 Å². The van der Waals surface area contributed by atoms with Crippen molar-refractivity contribution in [1.29, 1.82) is 0 Å². The predicted molar refractivity (Wildman–Crippen MR) is 65.0 cm³/mol. The SMILES string of the molecule is Cc1ccc(-c2ccccc2OC(F)(F)F)cc1O. The van der Waals surface area contributed by atoms with Gasteiger partial charge in [-0.2, -0.15) is 0 Å². The van der Waals surface area contributed by atoms with Crippen LogP contribution in [0.1, 0.15) is 5.56 Å². The summed E-state index contributed by atoms with van der Waals surface area (Å²) < 4.78 is 40.9. The quantitative estimate of drug-likeness (QED) is 0.881. The van der Waals surface area contributed by atoms with Gasteiger partial charge in [0, 0.05) is 5.56 Å². The molecular weight excluding hydrogens is 257 g/mol. The summed E-state index contributed by atoms with van der Waals surface area (Å²) >= 11 is 0. The maximum absolute atomic E-state index is 12.3. The summed E-state index contributed by atoms with van der Waals surface area (Å²) in [7, 11) is 0. The summed E-state index contributed by atoms with van der Waals surface area (Å²) in [6, 6.07) is 10.5. The number of aromatic hydroxyl groups is 1. The van der Waals surface area contributed by atoms with Gasteiger partial charge in [0.2, 0.25) is 0 Å². The predicted octanol–water partition coefficient (Wildman–Crippen LogP) is 4.27. The largest absolute Gasteiger partial charge is 0.573 e. The van der Waals surface area contributed by atoms with E-state index < -0.39 is 6.36 Å². The van der Waals surface area contributed by atoms with Crippen LogP contribution in [0.25, 0.3) is 11.1 Å². The van der Waals surface area contributed by atoms with Crippen LogP contribution in [0.3, 0.4) is 0 Å². The van der Waals surface area contributed by atoms with Crippen molar-refractivity contribution in [3.05, 3.63) is 48.0 Å². The van der Waals surface area contributed by atoms with E-state index in [1.807, 2.05) is 0 Å². The Hall–Kier alpha value is -2.17. The van der Waals surface area contributed by atoms with Gasteiger partial charge in [-0.25, -0.2) is 0 Å². The van der Waals surface area contributed by atoms with Gasteiger partial charge in [0.25, 0.3) is 0 Å². The van der Waals surface area contributed by atoms with Crippen LogP contribution in [-0.2, 0) is 0 Å². The van der Waals surface area contributed by atoms with E-state index in [0.717, 1.165) is 0 Å². The Bertz CT molecular complexity index is 591. The Morgan fingerprint density at radius 2 is 1.74 bits per heavy atom. The fourth-order valence-electron chi connectivity index (χ4n) is 1.70. The molecule has 0 aliphatic heterocycles. The lowest BCUT2D eigenvalue weighted by Gasteiger charge is -2.13. The lowest BCUT2D eigenvalue weighted by Crippen LogP contribution is -2.17. The van der Waals surface area contributed by atoms with Crippen LogP contribution in [0.4, 0.5) is 13.2 Å². The van der Waals surface area contributed by atoms with Gasteiger partial charge in [0.1, 0.15) is 11.5 Å². The van der Waals surface area contributed by atoms with Crippen LogP contribution in [0, 0.1) is 6.92 Å². The number of hydrogen-bond acceptors (Lipinski definition) is 2. The molecule has 5 heteroatoms. The molecule has 2 rings (SSSR count). The molecular formula is C14H11F3O2. The molecule has 0 saturated heterocycles. The molecule has 0 aliphatic carbocycles. The van der Waals surface area contributed by atoms with Gasteiger partial charge in [-0.15, -0.1) is 13.2 Å². The molecule has 0 spiro atoms. The van der Waals surface area contributed by atoms with Crippen molar-refractivity contribution in [2.75, 3.05) is 0 Å². The molecule has 19 heavy (non-hydrogen) atoms. The Morgan fingerprint density at radius 3 is 2.37 bits per heavy atom. The molecule has 0 radical (unpaired) electrons. The molecule has 0 amide bonds. The van der Waals surface area contributed by atoms with Gasteiger partial charge in [0.05, 0.1) is 0 Å². The third kappa shape index (κ3) is 3.19. The van der Waals surface area contributed by atoms with Crippen LogP contribution in [0.5, 0.6) is 11.5 Å². The maximum Gasteiger partial charge on any atom is 0.573 e. The molecule has 0 saturated carbocycles. The molecule has 0 bridgehead atoms. The molecule has 2 nitrogen and oxygen atoms in total. The standard InChI is InChI=1S/C14H11F3O2/c1-9-6-7-10(8-12(9)18)11-4-2-3-5-13(11)19-14(15,16)17/h2-8,18H,1H3. The van der Waals surface area contributed by atoms with Crippen molar-refractivity contribution in [3.8, 4) is 22.6 Å². The van der Waals surface area contributed by atoms with E-state index in [1.54, 1.807) is 25.1 Å². The highest BCUT2D eigenvalue weighted by atomic mass is 19.4. The van der Waals surface area contributed by atoms with Crippen molar-refractivity contribution < 1.29 is 23.0 Å². The van der Waals surface area contributed by atoms with Crippen LogP contribution in [0.15, 0.2) is 42.5 Å². The number of aryl methyl sites for hydroxylation is 1. The smallest absolute Gasteiger partial charge is 0.508 e. The zero-order valence-corrected chi connectivity index (χ0v) is 10.0. The molecule has 0 aromatic heterocycles. The van der Waals surface area contributed by atoms with Crippen LogP contribution in [-0.4, -0.2) is 11.5 Å². The number of rotatable bonds is 2. The molecule has 100 valence electrons. The van der Waals surface area contributed by atoms with Crippen molar-refractivity contribution in [2.45, 2.75) is 13.3 Å². The summed E-state index contributed by atoms with van der Waals surface area (Å²) in [4.78, 5) is 0. The minimum Gasteiger partial charge on any atom is -0.508 e. The minimum atomic E-state index is -4.75. The zero-order chi connectivity index (χ0) is 14.0. The van der Waals surface area contributed by atoms with Crippen LogP contribution < -0.4 is 4.74 Å². The lowest BCUT2D eigenvalue weighted by molar-refractivity contribution is -0.274. The number of hydrogen-bond donors (Lipinski definition) is 1. The van der Waals surface area contributed by atoms with Crippen molar-refractivity contribution in [2.24, 2.45) is 0 Å². The number of phenols is 1. The molecule has 2 aromatic carbocycles. The number of halogens is 3. The van der Waals surface area contributed by atoms with Gasteiger partial charge < -0.3 is 9.84 Å². The molecule has 0 atom stereocenters. The molecule has 1 N–H and O–H groups in total. The van der Waals surface area contributed by atoms with Crippen molar-refractivity contribution in [1.82, 2.24) is 0 Å². The highest BCUT2D eigenvalue weighted by Crippen LogP contribution is 2.35. The second-order valence-corrected chi connectivity index (χ2v) is 4.05. The van der Waals surface area contributed by atoms with Gasteiger partial charge in [-0.3, -0.25) is 0 Å². The highest BCUT2D eigenvalue weighted by Gasteiger charge is 2.32. The Kier molecular flexibility index (Phi) is 3.38. The van der Waals surface area contributed by atoms with Crippen LogP contribution >= 0.6 is 0 Å². The lowest BCUT2D eigenvalue weighted by atomic mass is 10.0. The monoisotopic (exact) mass is 268 g/mol. The third-order valence-corrected chi connectivity index (χ3v) is 2.63. The highest BCUT2D eigenvalue weighted by molar-refractivity contribution is 5.72. The number of para-hydroxylation sites is 1. The van der Waals surface area contributed by atoms with Gasteiger partial charge >= 0.3 is 6.36 Å². The topological polar surface area (TPSA) is 29.5 Å². The summed E-state index contributed by atoms with van der Waals surface area (Å²) in [5, 5.41) is 9.62. The maximum atomic E-state index is 12.3. The second-order valence-electron chi connectivity index (χ2n) is 4.05. The first-order valence-corrected chi connectivity index (χ1v) is 5.51. The van der Waals surface area contributed by atoms with Gasteiger partial charge in [0.15, 0.2) is 0 Å². The van der Waals surface area contributed by atoms with E-state index in [9.17, 15) is 18.3 Å². The van der Waals surface area contributed by atoms with Crippen LogP contribution in [0.2, 0.25) is 0 Å². The molecule has 0 fully saturated rings. The Labute approximate surface area is 108 Å². The van der Waals surface area contributed by atoms with E-state index in [0.29, 0.717) is 11.1 Å². The fraction of sp³-hybridized carbons (Fsp3) is 0.143. The molecule has 0 heterocycles. The molecule has 0 unspecified atom stereocenters. The summed E-state index contributed by atoms with van der Waals surface area (Å²) in [6.07, 6.45) is -4.75. The van der Waals surface area contributed by atoms with E-state index in [-0.39, 0.29) is 17.1 Å². The first kappa shape index (κ1) is 13.3. The van der Waals surface area contributed by atoms with Gasteiger partial charge in [-0.1, -0.05) is 30.3 Å². The second kappa shape index (κ2) is 4.84. The van der Waals surface area contributed by atoms with Gasteiger partial charge in [-0.05, 0) is 30.2 Å². The number of benzene rings is 2. The van der Waals surface area contributed by atoms with Crippen molar-refractivity contribution in [3.63, 3.8) is 0 Å². The number of phenolic OH excluding ortho intramolecular Hbond substituents is 1. The third-order valence-electron chi connectivity index (χ3n) is 2.63. The fourth-order valence-corrected chi connectivity index (χ4v) is 1.70. The number of alkyl halides is 3. The normalized spacial score (nSPS) is 11.4. The first-order valence-electron chi connectivity index (χ1n) is 5.51.